The summed E-state index contributed by atoms with van der Waals surface area (Å²) in [5.41, 5.74) is -0.576. The summed E-state index contributed by atoms with van der Waals surface area (Å²) in [6, 6.07) is -0.373. The number of hydrogen-bond donors (Lipinski definition) is 0. The summed E-state index contributed by atoms with van der Waals surface area (Å²) in [7, 11) is 1.65. The van der Waals surface area contributed by atoms with Gasteiger partial charge in [0.25, 0.3) is 0 Å². The minimum atomic E-state index is -4.39. The Hall–Kier alpha value is -1.26. The first-order valence-electron chi connectivity index (χ1n) is 5.58. The van der Waals surface area contributed by atoms with Gasteiger partial charge in [-0.25, -0.2) is 0 Å². The standard InChI is InChI=1S/C12H16F3NO/c1-4-9-6-8(12(13,14)15)7-10(16(9)3)11(17)5-2/h6-7,9H,4-5H2,1-3H3. The first-order valence-corrected chi connectivity index (χ1v) is 5.58. The van der Waals surface area contributed by atoms with Crippen LogP contribution in [0.4, 0.5) is 13.2 Å². The molecule has 0 bridgehead atoms. The lowest BCUT2D eigenvalue weighted by Crippen LogP contribution is -2.36. The Morgan fingerprint density at radius 2 is 2.00 bits per heavy atom. The number of likely N-dealkylation sites (N-methyl/N-ethyl adjacent to an activating group) is 1. The molecule has 1 aliphatic heterocycles. The summed E-state index contributed by atoms with van der Waals surface area (Å²) in [4.78, 5) is 13.2. The van der Waals surface area contributed by atoms with Crippen molar-refractivity contribution in [1.82, 2.24) is 4.90 Å². The Morgan fingerprint density at radius 1 is 1.41 bits per heavy atom. The molecule has 0 aromatic heterocycles. The third-order valence-corrected chi connectivity index (χ3v) is 2.89. The van der Waals surface area contributed by atoms with Crippen LogP contribution in [0.15, 0.2) is 23.4 Å². The number of hydrogen-bond acceptors (Lipinski definition) is 2. The fourth-order valence-corrected chi connectivity index (χ4v) is 1.82. The van der Waals surface area contributed by atoms with Gasteiger partial charge < -0.3 is 4.90 Å². The average Bonchev–Trinajstić information content (AvgIpc) is 2.26. The van der Waals surface area contributed by atoms with Crippen molar-refractivity contribution in [2.45, 2.75) is 38.9 Å². The van der Waals surface area contributed by atoms with Gasteiger partial charge in [-0.05, 0) is 18.6 Å². The summed E-state index contributed by atoms with van der Waals surface area (Å²) in [5.74, 6) is -0.263. The van der Waals surface area contributed by atoms with Gasteiger partial charge in [-0.2, -0.15) is 13.2 Å². The molecule has 1 heterocycles. The molecule has 0 amide bonds. The van der Waals surface area contributed by atoms with Crippen LogP contribution in [0.5, 0.6) is 0 Å². The molecule has 0 saturated carbocycles. The lowest BCUT2D eigenvalue weighted by molar-refractivity contribution is -0.117. The van der Waals surface area contributed by atoms with Crippen molar-refractivity contribution < 1.29 is 18.0 Å². The number of carbonyl (C=O) groups is 1. The van der Waals surface area contributed by atoms with E-state index in [-0.39, 0.29) is 23.9 Å². The second-order valence-electron chi connectivity index (χ2n) is 4.01. The Labute approximate surface area is 98.8 Å². The molecule has 0 aromatic rings. The van der Waals surface area contributed by atoms with E-state index in [1.54, 1.807) is 25.8 Å². The van der Waals surface area contributed by atoms with Crippen molar-refractivity contribution in [3.63, 3.8) is 0 Å². The van der Waals surface area contributed by atoms with Crippen molar-refractivity contribution in [3.05, 3.63) is 23.4 Å². The predicted molar refractivity (Wildman–Crippen MR) is 59.4 cm³/mol. The smallest absolute Gasteiger partial charge is 0.365 e. The summed E-state index contributed by atoms with van der Waals surface area (Å²) in [5, 5.41) is 0. The van der Waals surface area contributed by atoms with Crippen LogP contribution < -0.4 is 0 Å². The molecule has 5 heteroatoms. The van der Waals surface area contributed by atoms with E-state index < -0.39 is 11.7 Å². The van der Waals surface area contributed by atoms with Crippen LogP contribution in [0.1, 0.15) is 26.7 Å². The molecule has 0 N–H and O–H groups in total. The van der Waals surface area contributed by atoms with Gasteiger partial charge in [-0.15, -0.1) is 0 Å². The molecule has 96 valence electrons. The lowest BCUT2D eigenvalue weighted by atomic mass is 9.99. The van der Waals surface area contributed by atoms with Crippen molar-refractivity contribution >= 4 is 5.78 Å². The number of carbonyl (C=O) groups excluding carboxylic acids is 1. The molecule has 0 aromatic carbocycles. The van der Waals surface area contributed by atoms with Crippen molar-refractivity contribution in [2.75, 3.05) is 7.05 Å². The topological polar surface area (TPSA) is 20.3 Å². The van der Waals surface area contributed by atoms with Crippen LogP contribution in [0.2, 0.25) is 0 Å². The Balaban J connectivity index is 3.16. The summed E-state index contributed by atoms with van der Waals surface area (Å²) < 4.78 is 38.0. The number of halogens is 3. The highest BCUT2D eigenvalue weighted by molar-refractivity contribution is 5.95. The van der Waals surface area contributed by atoms with Gasteiger partial charge >= 0.3 is 6.18 Å². The van der Waals surface area contributed by atoms with Crippen molar-refractivity contribution in [1.29, 1.82) is 0 Å². The molecule has 0 fully saturated rings. The minimum Gasteiger partial charge on any atom is -0.365 e. The number of nitrogens with zero attached hydrogens (tertiary/aromatic N) is 1. The molecule has 0 saturated heterocycles. The number of alkyl halides is 3. The van der Waals surface area contributed by atoms with Crippen molar-refractivity contribution in [3.8, 4) is 0 Å². The maximum atomic E-state index is 12.7. The van der Waals surface area contributed by atoms with Gasteiger partial charge in [0, 0.05) is 19.5 Å². The molecule has 17 heavy (non-hydrogen) atoms. The van der Waals surface area contributed by atoms with Crippen molar-refractivity contribution in [2.24, 2.45) is 0 Å². The number of allylic oxidation sites excluding steroid dienone is 3. The number of Topliss-reactive ketones (excluding diaryl/α,β-unsaturated/α-hetero) is 1. The van der Waals surface area contributed by atoms with Crippen LogP contribution in [-0.2, 0) is 4.79 Å². The zero-order valence-electron chi connectivity index (χ0n) is 10.1. The van der Waals surface area contributed by atoms with Crippen LogP contribution in [-0.4, -0.2) is 29.9 Å². The lowest BCUT2D eigenvalue weighted by Gasteiger charge is -2.33. The highest BCUT2D eigenvalue weighted by Gasteiger charge is 2.36. The quantitative estimate of drug-likeness (QED) is 0.764. The van der Waals surface area contributed by atoms with E-state index in [0.717, 1.165) is 6.08 Å². The third kappa shape index (κ3) is 2.90. The van der Waals surface area contributed by atoms with E-state index in [9.17, 15) is 18.0 Å². The van der Waals surface area contributed by atoms with Gasteiger partial charge in [-0.3, -0.25) is 4.79 Å². The molecule has 1 unspecified atom stereocenters. The summed E-state index contributed by atoms with van der Waals surface area (Å²) >= 11 is 0. The molecule has 0 radical (unpaired) electrons. The molecule has 1 atom stereocenters. The molecular formula is C12H16F3NO. The number of ketones is 1. The largest absolute Gasteiger partial charge is 0.416 e. The van der Waals surface area contributed by atoms with Crippen LogP contribution in [0, 0.1) is 0 Å². The summed E-state index contributed by atoms with van der Waals surface area (Å²) in [6.07, 6.45) is -1.54. The van der Waals surface area contributed by atoms with Gasteiger partial charge in [0.05, 0.1) is 11.3 Å². The first-order chi connectivity index (χ1) is 7.81. The molecular weight excluding hydrogens is 231 g/mol. The fraction of sp³-hybridized carbons (Fsp3) is 0.583. The molecule has 0 spiro atoms. The molecule has 1 aliphatic rings. The van der Waals surface area contributed by atoms with Gasteiger partial charge in [0.2, 0.25) is 0 Å². The Bertz CT molecular complexity index is 368. The maximum absolute atomic E-state index is 12.7. The predicted octanol–water partition coefficient (Wildman–Crippen LogP) is 3.06. The van der Waals surface area contributed by atoms with E-state index in [0.29, 0.717) is 6.42 Å². The SMILES string of the molecule is CCC(=O)C1=CC(C(F)(F)F)=CC(CC)N1C. The summed E-state index contributed by atoms with van der Waals surface area (Å²) in [6.45, 7) is 3.44. The van der Waals surface area contributed by atoms with Gasteiger partial charge in [0.15, 0.2) is 5.78 Å². The zero-order chi connectivity index (χ0) is 13.2. The van der Waals surface area contributed by atoms with Crippen LogP contribution in [0.25, 0.3) is 0 Å². The highest BCUT2D eigenvalue weighted by Crippen LogP contribution is 2.33. The normalized spacial score (nSPS) is 21.1. The van der Waals surface area contributed by atoms with E-state index in [2.05, 4.69) is 0 Å². The number of rotatable bonds is 3. The van der Waals surface area contributed by atoms with E-state index in [4.69, 9.17) is 0 Å². The van der Waals surface area contributed by atoms with E-state index in [1.807, 2.05) is 0 Å². The first kappa shape index (κ1) is 13.8. The van der Waals surface area contributed by atoms with Crippen LogP contribution in [0.3, 0.4) is 0 Å². The van der Waals surface area contributed by atoms with Crippen LogP contribution >= 0.6 is 0 Å². The van der Waals surface area contributed by atoms with E-state index in [1.165, 1.54) is 6.08 Å². The van der Waals surface area contributed by atoms with E-state index >= 15 is 0 Å². The third-order valence-electron chi connectivity index (χ3n) is 2.89. The Morgan fingerprint density at radius 3 is 2.41 bits per heavy atom. The minimum absolute atomic E-state index is 0.147. The van der Waals surface area contributed by atoms with Gasteiger partial charge in [-0.1, -0.05) is 13.8 Å². The fourth-order valence-electron chi connectivity index (χ4n) is 1.82. The second kappa shape index (κ2) is 4.94. The molecule has 0 aliphatic carbocycles. The Kier molecular flexibility index (Phi) is 4.01. The van der Waals surface area contributed by atoms with Gasteiger partial charge in [0.1, 0.15) is 0 Å². The average molecular weight is 247 g/mol. The zero-order valence-corrected chi connectivity index (χ0v) is 10.1. The maximum Gasteiger partial charge on any atom is 0.416 e. The molecule has 1 rings (SSSR count). The monoisotopic (exact) mass is 247 g/mol. The molecule has 2 nitrogen and oxygen atoms in total. The highest BCUT2D eigenvalue weighted by atomic mass is 19.4. The second-order valence-corrected chi connectivity index (χ2v) is 4.01.